The fraction of sp³-hybridized carbons (Fsp3) is 0.857. The zero-order valence-corrected chi connectivity index (χ0v) is 7.63. The van der Waals surface area contributed by atoms with Crippen molar-refractivity contribution >= 4 is 5.97 Å². The topological polar surface area (TPSA) is 159 Å². The average molecular weight is 226 g/mol. The quantitative estimate of drug-likeness (QED) is 0.240. The first kappa shape index (κ1) is 14.2. The second kappa shape index (κ2) is 5.95. The van der Waals surface area contributed by atoms with Crippen molar-refractivity contribution in [1.29, 1.82) is 0 Å². The van der Waals surface area contributed by atoms with E-state index in [4.69, 9.17) is 35.7 Å². The number of carboxylic acid groups (broad SMARTS) is 1. The molecule has 8 heteroatoms. The third kappa shape index (κ3) is 3.70. The molecule has 0 aliphatic rings. The van der Waals surface area contributed by atoms with Crippen molar-refractivity contribution in [2.75, 3.05) is 6.61 Å². The molecule has 0 amide bonds. The molecule has 0 spiro atoms. The third-order valence-electron chi connectivity index (χ3n) is 1.86. The summed E-state index contributed by atoms with van der Waals surface area (Å²) in [5.41, 5.74) is 0. The lowest BCUT2D eigenvalue weighted by molar-refractivity contribution is -0.169. The molecule has 0 saturated carbocycles. The van der Waals surface area contributed by atoms with Crippen LogP contribution < -0.4 is 0 Å². The second-order valence-electron chi connectivity index (χ2n) is 3.00. The Bertz CT molecular complexity index is 207. The molecule has 90 valence electrons. The van der Waals surface area contributed by atoms with Crippen molar-refractivity contribution in [3.63, 3.8) is 0 Å². The summed E-state index contributed by atoms with van der Waals surface area (Å²) in [6.07, 6.45) is -10.2. The molecule has 8 nitrogen and oxygen atoms in total. The molecular weight excluding hydrogens is 212 g/mol. The Morgan fingerprint density at radius 1 is 0.933 bits per heavy atom. The van der Waals surface area contributed by atoms with Crippen molar-refractivity contribution < 1.29 is 40.5 Å². The van der Waals surface area contributed by atoms with Crippen LogP contribution in [0.3, 0.4) is 0 Å². The first-order valence-electron chi connectivity index (χ1n) is 4.07. The maximum Gasteiger partial charge on any atom is 0.335 e. The zero-order chi connectivity index (χ0) is 12.2. The Morgan fingerprint density at radius 3 is 1.73 bits per heavy atom. The van der Waals surface area contributed by atoms with E-state index in [1.807, 2.05) is 0 Å². The zero-order valence-electron chi connectivity index (χ0n) is 7.63. The molecule has 0 aliphatic carbocycles. The minimum absolute atomic E-state index is 0.881. The standard InChI is InChI=1S/C7H14O8/c8-1-2(9)3(10)4(11)5(12)6(13)7(14)15/h2-6,8-13H,1H2,(H,14,15)/t2-,3+,4+,5+,6?/m0/s1. The van der Waals surface area contributed by atoms with E-state index >= 15 is 0 Å². The summed E-state index contributed by atoms with van der Waals surface area (Å²) in [6.45, 7) is -0.881. The SMILES string of the molecule is O=C(O)C(O)[C@H](O)[C@H](O)[C@H](O)[C@@H](O)CO. The van der Waals surface area contributed by atoms with E-state index in [2.05, 4.69) is 0 Å². The van der Waals surface area contributed by atoms with Crippen molar-refractivity contribution in [3.05, 3.63) is 0 Å². The van der Waals surface area contributed by atoms with Crippen LogP contribution in [0.5, 0.6) is 0 Å². The lowest BCUT2D eigenvalue weighted by Gasteiger charge is -2.26. The number of aliphatic hydroxyl groups is 6. The van der Waals surface area contributed by atoms with E-state index in [9.17, 15) is 4.79 Å². The predicted molar refractivity (Wildman–Crippen MR) is 44.8 cm³/mol. The predicted octanol–water partition coefficient (Wildman–Crippen LogP) is -4.13. The van der Waals surface area contributed by atoms with Gasteiger partial charge in [0.2, 0.25) is 0 Å². The molecule has 0 aromatic carbocycles. The van der Waals surface area contributed by atoms with Gasteiger partial charge in [-0.25, -0.2) is 4.79 Å². The fourth-order valence-electron chi connectivity index (χ4n) is 0.870. The van der Waals surface area contributed by atoms with Gasteiger partial charge in [0.15, 0.2) is 6.10 Å². The Balaban J connectivity index is 4.42. The van der Waals surface area contributed by atoms with Gasteiger partial charge in [-0.05, 0) is 0 Å². The molecule has 0 rings (SSSR count). The summed E-state index contributed by atoms with van der Waals surface area (Å²) in [4.78, 5) is 10.2. The molecule has 0 aliphatic heterocycles. The van der Waals surface area contributed by atoms with Crippen molar-refractivity contribution in [3.8, 4) is 0 Å². The molecule has 0 radical (unpaired) electrons. The van der Waals surface area contributed by atoms with Crippen LogP contribution in [0.25, 0.3) is 0 Å². The maximum absolute atomic E-state index is 10.2. The average Bonchev–Trinajstić information content (AvgIpc) is 2.23. The highest BCUT2D eigenvalue weighted by atomic mass is 16.4. The second-order valence-corrected chi connectivity index (χ2v) is 3.00. The molecule has 0 fully saturated rings. The van der Waals surface area contributed by atoms with E-state index in [0.717, 1.165) is 0 Å². The smallest absolute Gasteiger partial charge is 0.335 e. The summed E-state index contributed by atoms with van der Waals surface area (Å²) < 4.78 is 0. The molecule has 7 N–H and O–H groups in total. The van der Waals surface area contributed by atoms with Gasteiger partial charge in [-0.2, -0.15) is 0 Å². The largest absolute Gasteiger partial charge is 0.479 e. The van der Waals surface area contributed by atoms with Gasteiger partial charge in [0.1, 0.15) is 24.4 Å². The van der Waals surface area contributed by atoms with E-state index in [1.165, 1.54) is 0 Å². The number of aliphatic hydroxyl groups excluding tert-OH is 6. The number of carbonyl (C=O) groups is 1. The van der Waals surface area contributed by atoms with E-state index in [-0.39, 0.29) is 0 Å². The molecule has 0 bridgehead atoms. The van der Waals surface area contributed by atoms with Crippen molar-refractivity contribution in [2.24, 2.45) is 0 Å². The normalized spacial score (nSPS) is 21.5. The Labute approximate surface area is 84.7 Å². The minimum atomic E-state index is -2.29. The van der Waals surface area contributed by atoms with Crippen LogP contribution in [0.15, 0.2) is 0 Å². The molecule has 0 saturated heterocycles. The fourth-order valence-corrected chi connectivity index (χ4v) is 0.870. The molecule has 15 heavy (non-hydrogen) atoms. The number of hydrogen-bond donors (Lipinski definition) is 7. The molecule has 0 heterocycles. The van der Waals surface area contributed by atoms with Gasteiger partial charge >= 0.3 is 5.97 Å². The van der Waals surface area contributed by atoms with Gasteiger partial charge in [0.25, 0.3) is 0 Å². The third-order valence-corrected chi connectivity index (χ3v) is 1.86. The lowest BCUT2D eigenvalue weighted by Crippen LogP contribution is -2.51. The number of rotatable bonds is 6. The summed E-state index contributed by atoms with van der Waals surface area (Å²) in [7, 11) is 0. The first-order valence-corrected chi connectivity index (χ1v) is 4.07. The van der Waals surface area contributed by atoms with E-state index < -0.39 is 43.1 Å². The van der Waals surface area contributed by atoms with Crippen LogP contribution in [0.1, 0.15) is 0 Å². The molecular formula is C7H14O8. The molecule has 1 unspecified atom stereocenters. The van der Waals surface area contributed by atoms with Crippen LogP contribution in [0.2, 0.25) is 0 Å². The van der Waals surface area contributed by atoms with Crippen molar-refractivity contribution in [2.45, 2.75) is 30.5 Å². The summed E-state index contributed by atoms with van der Waals surface area (Å²) in [5.74, 6) is -1.78. The molecule has 0 aromatic heterocycles. The number of hydrogen-bond acceptors (Lipinski definition) is 7. The van der Waals surface area contributed by atoms with Gasteiger partial charge in [0, 0.05) is 0 Å². The first-order chi connectivity index (χ1) is 6.82. The van der Waals surface area contributed by atoms with Crippen molar-refractivity contribution in [1.82, 2.24) is 0 Å². The maximum atomic E-state index is 10.2. The van der Waals surface area contributed by atoms with Gasteiger partial charge < -0.3 is 35.7 Å². The van der Waals surface area contributed by atoms with E-state index in [0.29, 0.717) is 0 Å². The Hall–Kier alpha value is -0.770. The Kier molecular flexibility index (Phi) is 5.65. The highest BCUT2D eigenvalue weighted by Crippen LogP contribution is 2.08. The van der Waals surface area contributed by atoms with Crippen LogP contribution in [-0.2, 0) is 4.79 Å². The number of aliphatic carboxylic acids is 1. The highest BCUT2D eigenvalue weighted by molar-refractivity contribution is 5.72. The lowest BCUT2D eigenvalue weighted by atomic mass is 9.99. The van der Waals surface area contributed by atoms with Gasteiger partial charge in [-0.15, -0.1) is 0 Å². The minimum Gasteiger partial charge on any atom is -0.479 e. The summed E-state index contributed by atoms with van der Waals surface area (Å²) in [5, 5.41) is 61.5. The Morgan fingerprint density at radius 2 is 1.40 bits per heavy atom. The van der Waals surface area contributed by atoms with Gasteiger partial charge in [-0.3, -0.25) is 0 Å². The van der Waals surface area contributed by atoms with Gasteiger partial charge in [0.05, 0.1) is 6.61 Å². The summed E-state index contributed by atoms with van der Waals surface area (Å²) >= 11 is 0. The van der Waals surface area contributed by atoms with Crippen LogP contribution >= 0.6 is 0 Å². The monoisotopic (exact) mass is 226 g/mol. The highest BCUT2D eigenvalue weighted by Gasteiger charge is 2.36. The van der Waals surface area contributed by atoms with E-state index in [1.54, 1.807) is 0 Å². The molecule has 0 aromatic rings. The van der Waals surface area contributed by atoms with Crippen LogP contribution in [-0.4, -0.2) is 78.8 Å². The van der Waals surface area contributed by atoms with Gasteiger partial charge in [-0.1, -0.05) is 0 Å². The number of carboxylic acids is 1. The van der Waals surface area contributed by atoms with Crippen LogP contribution in [0.4, 0.5) is 0 Å². The summed E-state index contributed by atoms with van der Waals surface area (Å²) in [6, 6.07) is 0. The van der Waals surface area contributed by atoms with Crippen LogP contribution in [0, 0.1) is 0 Å². The molecule has 5 atom stereocenters.